The summed E-state index contributed by atoms with van der Waals surface area (Å²) in [6.45, 7) is 6.86. The first-order valence-corrected chi connectivity index (χ1v) is 8.39. The first-order valence-electron chi connectivity index (χ1n) is 8.39. The molecule has 1 fully saturated rings. The Hall–Kier alpha value is -2.81. The molecule has 1 aromatic heterocycles. The summed E-state index contributed by atoms with van der Waals surface area (Å²) in [4.78, 5) is 18.2. The van der Waals surface area contributed by atoms with Crippen molar-refractivity contribution >= 4 is 22.7 Å². The minimum atomic E-state index is -0.488. The number of anilines is 1. The highest BCUT2D eigenvalue weighted by Gasteiger charge is 2.29. The second-order valence-electron chi connectivity index (χ2n) is 7.26. The summed E-state index contributed by atoms with van der Waals surface area (Å²) in [5, 5.41) is 13.5. The van der Waals surface area contributed by atoms with E-state index in [-0.39, 0.29) is 12.1 Å². The van der Waals surface area contributed by atoms with Crippen LogP contribution in [-0.4, -0.2) is 40.7 Å². The number of likely N-dealkylation sites (tertiary alicyclic amines) is 1. The molecule has 1 aliphatic rings. The van der Waals surface area contributed by atoms with Crippen molar-refractivity contribution in [3.8, 4) is 6.07 Å². The van der Waals surface area contributed by atoms with E-state index in [1.54, 1.807) is 11.1 Å². The van der Waals surface area contributed by atoms with Gasteiger partial charge in [0.15, 0.2) is 0 Å². The summed E-state index contributed by atoms with van der Waals surface area (Å²) >= 11 is 0. The molecular formula is C19H22N4O2. The molecule has 2 aromatic rings. The predicted molar refractivity (Wildman–Crippen MR) is 96.3 cm³/mol. The minimum Gasteiger partial charge on any atom is -0.444 e. The first kappa shape index (κ1) is 17.0. The van der Waals surface area contributed by atoms with Crippen LogP contribution in [0.4, 0.5) is 10.5 Å². The average Bonchev–Trinajstić information content (AvgIpc) is 3.02. The molecule has 0 aliphatic carbocycles. The van der Waals surface area contributed by atoms with Gasteiger partial charge in [-0.25, -0.2) is 4.79 Å². The Morgan fingerprint density at radius 2 is 2.24 bits per heavy atom. The summed E-state index contributed by atoms with van der Waals surface area (Å²) in [6.07, 6.45) is 2.15. The molecule has 6 nitrogen and oxygen atoms in total. The van der Waals surface area contributed by atoms with E-state index < -0.39 is 5.60 Å². The highest BCUT2D eigenvalue weighted by molar-refractivity contribution is 5.92. The maximum Gasteiger partial charge on any atom is 0.410 e. The number of hydrogen-bond donors (Lipinski definition) is 1. The number of amides is 1. The third-order valence-corrected chi connectivity index (χ3v) is 4.05. The first-order chi connectivity index (χ1) is 11.9. The monoisotopic (exact) mass is 338 g/mol. The van der Waals surface area contributed by atoms with Crippen LogP contribution in [0, 0.1) is 11.3 Å². The fourth-order valence-electron chi connectivity index (χ4n) is 2.93. The van der Waals surface area contributed by atoms with Gasteiger partial charge in [-0.05, 0) is 45.4 Å². The number of carbonyl (C=O) groups is 1. The lowest BCUT2D eigenvalue weighted by Gasteiger charge is -2.24. The summed E-state index contributed by atoms with van der Waals surface area (Å²) in [5.74, 6) is 0. The third-order valence-electron chi connectivity index (χ3n) is 4.05. The molecule has 0 bridgehead atoms. The molecule has 1 aliphatic heterocycles. The van der Waals surface area contributed by atoms with Crippen LogP contribution < -0.4 is 5.32 Å². The Bertz CT molecular complexity index is 835. The minimum absolute atomic E-state index is 0.142. The molecule has 25 heavy (non-hydrogen) atoms. The van der Waals surface area contributed by atoms with Crippen LogP contribution in [0.2, 0.25) is 0 Å². The van der Waals surface area contributed by atoms with Gasteiger partial charge in [-0.1, -0.05) is 6.07 Å². The van der Waals surface area contributed by atoms with Gasteiger partial charge < -0.3 is 15.0 Å². The van der Waals surface area contributed by atoms with E-state index in [1.807, 2.05) is 45.0 Å². The molecule has 3 rings (SSSR count). The molecule has 0 spiro atoms. The van der Waals surface area contributed by atoms with Crippen molar-refractivity contribution in [2.45, 2.75) is 38.8 Å². The Balaban J connectivity index is 1.73. The van der Waals surface area contributed by atoms with Gasteiger partial charge in [-0.3, -0.25) is 4.98 Å². The molecule has 130 valence electrons. The van der Waals surface area contributed by atoms with Gasteiger partial charge in [0.1, 0.15) is 11.7 Å². The van der Waals surface area contributed by atoms with Gasteiger partial charge in [0.2, 0.25) is 0 Å². The topological polar surface area (TPSA) is 78.2 Å². The number of carbonyl (C=O) groups excluding carboxylic acids is 1. The van der Waals surface area contributed by atoms with Crippen LogP contribution in [0.3, 0.4) is 0 Å². The smallest absolute Gasteiger partial charge is 0.410 e. The van der Waals surface area contributed by atoms with Crippen molar-refractivity contribution in [2.75, 3.05) is 18.4 Å². The lowest BCUT2D eigenvalue weighted by atomic mass is 10.1. The molecule has 1 saturated heterocycles. The van der Waals surface area contributed by atoms with E-state index in [0.717, 1.165) is 23.0 Å². The molecule has 1 amide bonds. The maximum absolute atomic E-state index is 12.2. The standard InChI is InChI=1S/C19H22N4O2/c1-19(2,3)25-18(24)23-8-7-14(12-23)22-17-6-4-5-16-15(17)9-13(10-20)11-21-16/h4-6,9,11,14,22H,7-8,12H2,1-3H3. The second kappa shape index (κ2) is 6.60. The van der Waals surface area contributed by atoms with Gasteiger partial charge in [-0.15, -0.1) is 0 Å². The van der Waals surface area contributed by atoms with Crippen molar-refractivity contribution in [3.05, 3.63) is 36.0 Å². The molecular weight excluding hydrogens is 316 g/mol. The number of hydrogen-bond acceptors (Lipinski definition) is 5. The molecule has 2 heterocycles. The Morgan fingerprint density at radius 3 is 2.96 bits per heavy atom. The lowest BCUT2D eigenvalue weighted by Crippen LogP contribution is -2.36. The van der Waals surface area contributed by atoms with Crippen LogP contribution >= 0.6 is 0 Å². The Kier molecular flexibility index (Phi) is 4.49. The maximum atomic E-state index is 12.2. The van der Waals surface area contributed by atoms with Crippen molar-refractivity contribution in [1.29, 1.82) is 5.26 Å². The van der Waals surface area contributed by atoms with E-state index in [4.69, 9.17) is 10.00 Å². The van der Waals surface area contributed by atoms with Crippen LogP contribution in [0.15, 0.2) is 30.5 Å². The number of fused-ring (bicyclic) bond motifs is 1. The van der Waals surface area contributed by atoms with Crippen molar-refractivity contribution in [2.24, 2.45) is 0 Å². The zero-order valence-electron chi connectivity index (χ0n) is 14.7. The molecule has 0 radical (unpaired) electrons. The zero-order chi connectivity index (χ0) is 18.0. The van der Waals surface area contributed by atoms with Gasteiger partial charge in [0.25, 0.3) is 0 Å². The molecule has 1 atom stereocenters. The predicted octanol–water partition coefficient (Wildman–Crippen LogP) is 3.53. The molecule has 1 N–H and O–H groups in total. The van der Waals surface area contributed by atoms with Gasteiger partial charge in [0.05, 0.1) is 11.1 Å². The van der Waals surface area contributed by atoms with Gasteiger partial charge in [0, 0.05) is 36.4 Å². The number of nitrogens with one attached hydrogen (secondary N) is 1. The summed E-state index contributed by atoms with van der Waals surface area (Å²) in [5.41, 5.74) is 1.81. The Labute approximate surface area is 147 Å². The third kappa shape index (κ3) is 4.00. The van der Waals surface area contributed by atoms with Crippen LogP contribution in [0.1, 0.15) is 32.8 Å². The van der Waals surface area contributed by atoms with Crippen molar-refractivity contribution < 1.29 is 9.53 Å². The quantitative estimate of drug-likeness (QED) is 0.906. The number of nitriles is 1. The number of nitrogens with zero attached hydrogens (tertiary/aromatic N) is 3. The average molecular weight is 338 g/mol. The number of rotatable bonds is 2. The van der Waals surface area contributed by atoms with E-state index in [1.165, 1.54) is 0 Å². The molecule has 1 aromatic carbocycles. The normalized spacial score (nSPS) is 17.4. The zero-order valence-corrected chi connectivity index (χ0v) is 14.7. The van der Waals surface area contributed by atoms with Crippen molar-refractivity contribution in [3.63, 3.8) is 0 Å². The van der Waals surface area contributed by atoms with Crippen LogP contribution in [0.5, 0.6) is 0 Å². The highest BCUT2D eigenvalue weighted by atomic mass is 16.6. The van der Waals surface area contributed by atoms with E-state index in [0.29, 0.717) is 18.7 Å². The number of benzene rings is 1. The van der Waals surface area contributed by atoms with Crippen LogP contribution in [0.25, 0.3) is 10.9 Å². The molecule has 6 heteroatoms. The van der Waals surface area contributed by atoms with E-state index in [9.17, 15) is 4.79 Å². The number of pyridine rings is 1. The van der Waals surface area contributed by atoms with Gasteiger partial charge in [-0.2, -0.15) is 5.26 Å². The largest absolute Gasteiger partial charge is 0.444 e. The highest BCUT2D eigenvalue weighted by Crippen LogP contribution is 2.25. The second-order valence-corrected chi connectivity index (χ2v) is 7.26. The lowest BCUT2D eigenvalue weighted by molar-refractivity contribution is 0.0293. The molecule has 0 saturated carbocycles. The Morgan fingerprint density at radius 1 is 1.44 bits per heavy atom. The number of ether oxygens (including phenoxy) is 1. The fraction of sp³-hybridized carbons (Fsp3) is 0.421. The van der Waals surface area contributed by atoms with E-state index in [2.05, 4.69) is 16.4 Å². The summed E-state index contributed by atoms with van der Waals surface area (Å²) in [7, 11) is 0. The summed E-state index contributed by atoms with van der Waals surface area (Å²) in [6, 6.07) is 9.93. The van der Waals surface area contributed by atoms with E-state index >= 15 is 0 Å². The summed E-state index contributed by atoms with van der Waals surface area (Å²) < 4.78 is 5.43. The van der Waals surface area contributed by atoms with Gasteiger partial charge >= 0.3 is 6.09 Å². The van der Waals surface area contributed by atoms with Crippen molar-refractivity contribution in [1.82, 2.24) is 9.88 Å². The van der Waals surface area contributed by atoms with Crippen LogP contribution in [-0.2, 0) is 4.74 Å². The number of aromatic nitrogens is 1. The fourth-order valence-corrected chi connectivity index (χ4v) is 2.93. The molecule has 1 unspecified atom stereocenters. The SMILES string of the molecule is CC(C)(C)OC(=O)N1CCC(Nc2cccc3ncc(C#N)cc23)C1.